The summed E-state index contributed by atoms with van der Waals surface area (Å²) in [6, 6.07) is 6.42. The first-order valence-corrected chi connectivity index (χ1v) is 8.52. The van der Waals surface area contributed by atoms with Crippen molar-refractivity contribution in [3.05, 3.63) is 27.3 Å². The summed E-state index contributed by atoms with van der Waals surface area (Å²) in [5.41, 5.74) is 2.43. The number of carbonyl (C=O) groups excluding carboxylic acids is 1. The van der Waals surface area contributed by atoms with Crippen LogP contribution < -0.4 is 4.90 Å². The summed E-state index contributed by atoms with van der Waals surface area (Å²) >= 11 is 2.34. The topological polar surface area (TPSA) is 29.5 Å². The van der Waals surface area contributed by atoms with Gasteiger partial charge < -0.3 is 9.64 Å². The van der Waals surface area contributed by atoms with Crippen molar-refractivity contribution in [3.8, 4) is 0 Å². The number of rotatable bonds is 3. The normalized spacial score (nSPS) is 22.8. The van der Waals surface area contributed by atoms with Gasteiger partial charge in [-0.2, -0.15) is 0 Å². The van der Waals surface area contributed by atoms with Crippen molar-refractivity contribution in [2.75, 3.05) is 18.1 Å². The number of hydrogen-bond acceptors (Lipinski definition) is 2. The molecule has 3 rings (SSSR count). The van der Waals surface area contributed by atoms with Crippen LogP contribution in [-0.2, 0) is 16.0 Å². The maximum absolute atomic E-state index is 12.3. The van der Waals surface area contributed by atoms with Gasteiger partial charge >= 0.3 is 0 Å². The monoisotopic (exact) mass is 385 g/mol. The zero-order valence-corrected chi connectivity index (χ0v) is 13.8. The van der Waals surface area contributed by atoms with Gasteiger partial charge in [0.25, 0.3) is 0 Å². The molecule has 0 radical (unpaired) electrons. The van der Waals surface area contributed by atoms with Gasteiger partial charge in [-0.3, -0.25) is 4.79 Å². The lowest BCUT2D eigenvalue weighted by atomic mass is 10.1. The van der Waals surface area contributed by atoms with E-state index >= 15 is 0 Å². The molecule has 0 aromatic heterocycles. The summed E-state index contributed by atoms with van der Waals surface area (Å²) in [6.45, 7) is 1.67. The van der Waals surface area contributed by atoms with Crippen LogP contribution in [0.15, 0.2) is 18.2 Å². The Bertz CT molecular complexity index is 497. The first-order chi connectivity index (χ1) is 9.74. The Morgan fingerprint density at radius 2 is 2.20 bits per heavy atom. The first kappa shape index (κ1) is 14.3. The van der Waals surface area contributed by atoms with Gasteiger partial charge in [0.2, 0.25) is 5.91 Å². The molecule has 3 nitrogen and oxygen atoms in total. The molecule has 1 amide bonds. The van der Waals surface area contributed by atoms with E-state index in [1.807, 2.05) is 4.90 Å². The molecule has 108 valence electrons. The van der Waals surface area contributed by atoms with Crippen LogP contribution in [0.3, 0.4) is 0 Å². The zero-order chi connectivity index (χ0) is 13.9. The molecule has 1 aromatic carbocycles. The molecule has 1 atom stereocenters. The quantitative estimate of drug-likeness (QED) is 0.746. The van der Waals surface area contributed by atoms with Crippen molar-refractivity contribution < 1.29 is 9.53 Å². The molecule has 1 fully saturated rings. The molecular formula is C16H20INO2. The Kier molecular flexibility index (Phi) is 4.61. The molecule has 1 saturated heterocycles. The van der Waals surface area contributed by atoms with E-state index in [4.69, 9.17) is 4.74 Å². The van der Waals surface area contributed by atoms with E-state index in [1.165, 1.54) is 9.13 Å². The Labute approximate surface area is 133 Å². The predicted octanol–water partition coefficient (Wildman–Crippen LogP) is 3.53. The largest absolute Gasteiger partial charge is 0.378 e. The number of aryl methyl sites for hydroxylation is 1. The highest BCUT2D eigenvalue weighted by Crippen LogP contribution is 2.29. The van der Waals surface area contributed by atoms with E-state index in [0.29, 0.717) is 12.5 Å². The third-order valence-electron chi connectivity index (χ3n) is 4.17. The number of anilines is 1. The highest BCUT2D eigenvalue weighted by molar-refractivity contribution is 14.1. The maximum Gasteiger partial charge on any atom is 0.226 e. The molecule has 2 aliphatic heterocycles. The lowest BCUT2D eigenvalue weighted by Crippen LogP contribution is -2.33. The summed E-state index contributed by atoms with van der Waals surface area (Å²) in [6.07, 6.45) is 6.23. The Morgan fingerprint density at radius 1 is 1.30 bits per heavy atom. The minimum Gasteiger partial charge on any atom is -0.378 e. The second kappa shape index (κ2) is 6.43. The molecule has 20 heavy (non-hydrogen) atoms. The van der Waals surface area contributed by atoms with E-state index in [1.54, 1.807) is 0 Å². The molecule has 2 aliphatic rings. The van der Waals surface area contributed by atoms with E-state index in [-0.39, 0.29) is 5.91 Å². The van der Waals surface area contributed by atoms with Gasteiger partial charge in [0.15, 0.2) is 0 Å². The van der Waals surface area contributed by atoms with Crippen LogP contribution in [-0.4, -0.2) is 25.2 Å². The van der Waals surface area contributed by atoms with Crippen LogP contribution in [0.2, 0.25) is 0 Å². The maximum atomic E-state index is 12.3. The van der Waals surface area contributed by atoms with E-state index in [0.717, 1.165) is 50.9 Å². The Hall–Kier alpha value is -0.620. The molecule has 4 heteroatoms. The number of benzene rings is 1. The number of halogens is 1. The fourth-order valence-corrected chi connectivity index (χ4v) is 3.66. The number of amides is 1. The van der Waals surface area contributed by atoms with Gasteiger partial charge in [-0.25, -0.2) is 0 Å². The van der Waals surface area contributed by atoms with Gasteiger partial charge in [-0.1, -0.05) is 0 Å². The Morgan fingerprint density at radius 3 is 3.00 bits per heavy atom. The smallest absolute Gasteiger partial charge is 0.226 e. The van der Waals surface area contributed by atoms with Gasteiger partial charge in [0.05, 0.1) is 6.10 Å². The van der Waals surface area contributed by atoms with Gasteiger partial charge in [-0.05, 0) is 78.5 Å². The molecule has 0 N–H and O–H groups in total. The van der Waals surface area contributed by atoms with E-state index < -0.39 is 0 Å². The van der Waals surface area contributed by atoms with Crippen LogP contribution >= 0.6 is 22.6 Å². The molecule has 2 heterocycles. The molecular weight excluding hydrogens is 365 g/mol. The van der Waals surface area contributed by atoms with Crippen molar-refractivity contribution in [2.24, 2.45) is 0 Å². The van der Waals surface area contributed by atoms with Gasteiger partial charge in [0, 0.05) is 28.8 Å². The van der Waals surface area contributed by atoms with Crippen molar-refractivity contribution in [3.63, 3.8) is 0 Å². The first-order valence-electron chi connectivity index (χ1n) is 7.44. The fraction of sp³-hybridized carbons (Fsp3) is 0.562. The predicted molar refractivity (Wildman–Crippen MR) is 88.0 cm³/mol. The number of carbonyl (C=O) groups is 1. The summed E-state index contributed by atoms with van der Waals surface area (Å²) in [5.74, 6) is 0.267. The molecule has 0 aliphatic carbocycles. The van der Waals surface area contributed by atoms with Crippen molar-refractivity contribution in [2.45, 2.75) is 44.6 Å². The SMILES string of the molecule is O=C1CCCc2cc(I)ccc2N1CCC1CCCO1. The lowest BCUT2D eigenvalue weighted by molar-refractivity contribution is -0.118. The summed E-state index contributed by atoms with van der Waals surface area (Å²) in [4.78, 5) is 14.3. The van der Waals surface area contributed by atoms with Crippen LogP contribution in [0, 0.1) is 3.57 Å². The van der Waals surface area contributed by atoms with E-state index in [9.17, 15) is 4.79 Å². The highest BCUT2D eigenvalue weighted by atomic mass is 127. The molecule has 1 unspecified atom stereocenters. The van der Waals surface area contributed by atoms with Crippen molar-refractivity contribution in [1.29, 1.82) is 0 Å². The van der Waals surface area contributed by atoms with Gasteiger partial charge in [-0.15, -0.1) is 0 Å². The van der Waals surface area contributed by atoms with Crippen molar-refractivity contribution >= 4 is 34.2 Å². The molecule has 0 bridgehead atoms. The number of nitrogens with zero attached hydrogens (tertiary/aromatic N) is 1. The average Bonchev–Trinajstić information content (AvgIpc) is 2.89. The third-order valence-corrected chi connectivity index (χ3v) is 4.84. The average molecular weight is 385 g/mol. The third kappa shape index (κ3) is 3.17. The summed E-state index contributed by atoms with van der Waals surface area (Å²) in [7, 11) is 0. The van der Waals surface area contributed by atoms with E-state index in [2.05, 4.69) is 40.8 Å². The number of fused-ring (bicyclic) bond motifs is 1. The van der Waals surface area contributed by atoms with Crippen LogP contribution in [0.4, 0.5) is 5.69 Å². The second-order valence-electron chi connectivity index (χ2n) is 5.60. The van der Waals surface area contributed by atoms with Crippen LogP contribution in [0.25, 0.3) is 0 Å². The lowest BCUT2D eigenvalue weighted by Gasteiger charge is -2.24. The van der Waals surface area contributed by atoms with Crippen LogP contribution in [0.1, 0.15) is 37.7 Å². The minimum absolute atomic E-state index is 0.267. The fourth-order valence-electron chi connectivity index (χ4n) is 3.11. The van der Waals surface area contributed by atoms with Gasteiger partial charge in [0.1, 0.15) is 0 Å². The zero-order valence-electron chi connectivity index (χ0n) is 11.6. The minimum atomic E-state index is 0.267. The molecule has 0 saturated carbocycles. The highest BCUT2D eigenvalue weighted by Gasteiger charge is 2.24. The summed E-state index contributed by atoms with van der Waals surface area (Å²) < 4.78 is 6.92. The second-order valence-corrected chi connectivity index (χ2v) is 6.84. The number of ether oxygens (including phenoxy) is 1. The van der Waals surface area contributed by atoms with Crippen molar-refractivity contribution in [1.82, 2.24) is 0 Å². The molecule has 0 spiro atoms. The standard InChI is InChI=1S/C16H20INO2/c17-13-6-7-15-12(11-13)3-1-5-16(19)18(15)9-8-14-4-2-10-20-14/h6-7,11,14H,1-5,8-10H2. The molecule has 1 aromatic rings. The Balaban J connectivity index is 1.78. The number of hydrogen-bond donors (Lipinski definition) is 0. The van der Waals surface area contributed by atoms with Crippen LogP contribution in [0.5, 0.6) is 0 Å². The summed E-state index contributed by atoms with van der Waals surface area (Å²) in [5, 5.41) is 0.